The summed E-state index contributed by atoms with van der Waals surface area (Å²) >= 11 is 3.19. The minimum absolute atomic E-state index is 0.0549. The number of thioether (sulfide) groups is 1. The van der Waals surface area contributed by atoms with E-state index in [0.717, 1.165) is 44.8 Å². The number of nitrogens with zero attached hydrogens (tertiary/aromatic N) is 4. The van der Waals surface area contributed by atoms with Crippen LogP contribution in [0.15, 0.2) is 22.7 Å². The molecule has 1 atom stereocenters. The van der Waals surface area contributed by atoms with Crippen molar-refractivity contribution in [3.63, 3.8) is 0 Å². The number of thiazole rings is 1. The van der Waals surface area contributed by atoms with Gasteiger partial charge in [0.1, 0.15) is 17.2 Å². The van der Waals surface area contributed by atoms with E-state index in [1.54, 1.807) is 35.6 Å². The number of ether oxygens (including phenoxy) is 1. The topological polar surface area (TPSA) is 100 Å². The molecule has 0 saturated carbocycles. The van der Waals surface area contributed by atoms with Crippen molar-refractivity contribution in [2.75, 3.05) is 12.4 Å². The number of amides is 1. The highest BCUT2D eigenvalue weighted by molar-refractivity contribution is 8.00. The van der Waals surface area contributed by atoms with Gasteiger partial charge < -0.3 is 14.6 Å². The van der Waals surface area contributed by atoms with Crippen molar-refractivity contribution in [1.29, 1.82) is 0 Å². The predicted octanol–water partition coefficient (Wildman–Crippen LogP) is 1.96. The first-order chi connectivity index (χ1) is 13.7. The zero-order valence-electron chi connectivity index (χ0n) is 15.4. The maximum atomic E-state index is 13.1. The fraction of sp³-hybridized carbons (Fsp3) is 0.353. The Labute approximate surface area is 169 Å². The third-order valence-corrected chi connectivity index (χ3v) is 7.03. The molecular formula is C17H19N7O2S2. The highest BCUT2D eigenvalue weighted by atomic mass is 32.2. The van der Waals surface area contributed by atoms with Crippen LogP contribution in [0.3, 0.4) is 0 Å². The lowest BCUT2D eigenvalue weighted by Gasteiger charge is -2.28. The van der Waals surface area contributed by atoms with Gasteiger partial charge in [-0.1, -0.05) is 23.1 Å². The molecule has 0 fully saturated rings. The lowest BCUT2D eigenvalue weighted by molar-refractivity contribution is 0.0586. The molecular weight excluding hydrogens is 398 g/mol. The Morgan fingerprint density at radius 2 is 2.32 bits per heavy atom. The number of anilines is 1. The van der Waals surface area contributed by atoms with E-state index in [-0.39, 0.29) is 11.3 Å². The SMILES string of the molecule is COc1scnc1CN1NCc2c3c(n(C)c2C1=O)NC(Cc1ccn[nH]1)S3. The molecule has 0 saturated heterocycles. The lowest BCUT2D eigenvalue weighted by atomic mass is 10.2. The fourth-order valence-electron chi connectivity index (χ4n) is 3.64. The number of carbonyl (C=O) groups excluding carboxylic acids is 1. The fourth-order valence-corrected chi connectivity index (χ4v) is 5.60. The standard InChI is InChI=1S/C17H19N7O2S2/c1-23-13-10(14-15(23)21-12(28-14)5-9-3-4-19-22-9)6-20-24(16(13)25)7-11-17(26-2)27-8-18-11/h3-4,8,12,20-21H,5-7H2,1-2H3,(H,19,22). The zero-order chi connectivity index (χ0) is 19.3. The van der Waals surface area contributed by atoms with E-state index in [0.29, 0.717) is 13.1 Å². The van der Waals surface area contributed by atoms with Gasteiger partial charge in [-0.2, -0.15) is 5.10 Å². The average Bonchev–Trinajstić information content (AvgIpc) is 3.46. The molecule has 2 aliphatic rings. The van der Waals surface area contributed by atoms with Gasteiger partial charge in [0.2, 0.25) is 0 Å². The summed E-state index contributed by atoms with van der Waals surface area (Å²) in [7, 11) is 3.56. The molecule has 146 valence electrons. The van der Waals surface area contributed by atoms with Crippen molar-refractivity contribution in [3.8, 4) is 5.06 Å². The average molecular weight is 418 g/mol. The minimum Gasteiger partial charge on any atom is -0.486 e. The number of hydrazine groups is 1. The number of carbonyl (C=O) groups is 1. The highest BCUT2D eigenvalue weighted by Crippen LogP contribution is 2.45. The van der Waals surface area contributed by atoms with Crippen LogP contribution in [0.2, 0.25) is 0 Å². The Morgan fingerprint density at radius 3 is 3.11 bits per heavy atom. The molecule has 1 unspecified atom stereocenters. The van der Waals surface area contributed by atoms with Crippen LogP contribution in [0, 0.1) is 0 Å². The van der Waals surface area contributed by atoms with Gasteiger partial charge >= 0.3 is 0 Å². The Balaban J connectivity index is 1.37. The first-order valence-corrected chi connectivity index (χ1v) is 10.6. The number of hydrogen-bond acceptors (Lipinski definition) is 8. The minimum atomic E-state index is -0.0549. The number of nitrogens with one attached hydrogen (secondary N) is 3. The van der Waals surface area contributed by atoms with E-state index in [1.807, 2.05) is 17.7 Å². The summed E-state index contributed by atoms with van der Waals surface area (Å²) in [6, 6.07) is 1.98. The number of aromatic nitrogens is 4. The molecule has 9 nitrogen and oxygen atoms in total. The van der Waals surface area contributed by atoms with Gasteiger partial charge in [-0.3, -0.25) is 14.9 Å². The quantitative estimate of drug-likeness (QED) is 0.583. The Hall–Kier alpha value is -2.50. The monoisotopic (exact) mass is 417 g/mol. The van der Waals surface area contributed by atoms with Crippen LogP contribution in [0.5, 0.6) is 5.06 Å². The van der Waals surface area contributed by atoms with Gasteiger partial charge in [0, 0.05) is 37.5 Å². The van der Waals surface area contributed by atoms with E-state index in [1.165, 1.54) is 11.3 Å². The van der Waals surface area contributed by atoms with Crippen LogP contribution in [0.25, 0.3) is 0 Å². The third kappa shape index (κ3) is 2.77. The van der Waals surface area contributed by atoms with Crippen LogP contribution in [0.4, 0.5) is 5.82 Å². The Bertz CT molecular complexity index is 1030. The van der Waals surface area contributed by atoms with E-state index < -0.39 is 0 Å². The normalized spacial score (nSPS) is 18.1. The van der Waals surface area contributed by atoms with Gasteiger partial charge in [-0.05, 0) is 6.07 Å². The molecule has 2 aliphatic heterocycles. The molecule has 0 radical (unpaired) electrons. The van der Waals surface area contributed by atoms with Crippen LogP contribution >= 0.6 is 23.1 Å². The van der Waals surface area contributed by atoms with Gasteiger partial charge in [-0.15, -0.1) is 0 Å². The van der Waals surface area contributed by atoms with E-state index in [9.17, 15) is 4.79 Å². The number of fused-ring (bicyclic) bond motifs is 3. The molecule has 3 N–H and O–H groups in total. The molecule has 1 amide bonds. The number of hydrogen-bond donors (Lipinski definition) is 3. The van der Waals surface area contributed by atoms with E-state index in [4.69, 9.17) is 4.74 Å². The molecule has 5 heterocycles. The molecule has 3 aromatic heterocycles. The largest absolute Gasteiger partial charge is 0.486 e. The summed E-state index contributed by atoms with van der Waals surface area (Å²) in [4.78, 5) is 18.6. The van der Waals surface area contributed by atoms with Crippen molar-refractivity contribution < 1.29 is 9.53 Å². The van der Waals surface area contributed by atoms with Crippen LogP contribution in [-0.2, 0) is 26.6 Å². The van der Waals surface area contributed by atoms with E-state index in [2.05, 4.69) is 25.9 Å². The summed E-state index contributed by atoms with van der Waals surface area (Å²) in [5, 5.41) is 13.1. The lowest BCUT2D eigenvalue weighted by Crippen LogP contribution is -2.46. The molecule has 5 rings (SSSR count). The summed E-state index contributed by atoms with van der Waals surface area (Å²) < 4.78 is 7.30. The van der Waals surface area contributed by atoms with Gasteiger partial charge in [-0.25, -0.2) is 10.4 Å². The van der Waals surface area contributed by atoms with Crippen LogP contribution in [-0.4, -0.2) is 43.1 Å². The molecule has 11 heteroatoms. The highest BCUT2D eigenvalue weighted by Gasteiger charge is 2.37. The van der Waals surface area contributed by atoms with Gasteiger partial charge in [0.05, 0.1) is 29.4 Å². The first kappa shape index (κ1) is 17.6. The van der Waals surface area contributed by atoms with Crippen molar-refractivity contribution in [2.24, 2.45) is 7.05 Å². The second-order valence-corrected chi connectivity index (χ2v) is 8.65. The molecule has 3 aromatic rings. The van der Waals surface area contributed by atoms with E-state index >= 15 is 0 Å². The molecule has 0 aliphatic carbocycles. The first-order valence-electron chi connectivity index (χ1n) is 8.80. The Kier molecular flexibility index (Phi) is 4.29. The number of methoxy groups -OCH3 is 1. The maximum absolute atomic E-state index is 13.1. The Morgan fingerprint density at radius 1 is 1.43 bits per heavy atom. The second kappa shape index (κ2) is 6.83. The smallest absolute Gasteiger partial charge is 0.285 e. The van der Waals surface area contributed by atoms with Gasteiger partial charge in [0.25, 0.3) is 5.91 Å². The summed E-state index contributed by atoms with van der Waals surface area (Å²) in [6.07, 6.45) is 2.60. The molecule has 0 aromatic carbocycles. The van der Waals surface area contributed by atoms with Crippen LogP contribution < -0.4 is 15.5 Å². The number of H-pyrrole nitrogens is 1. The third-order valence-electron chi connectivity index (χ3n) is 4.96. The van der Waals surface area contributed by atoms with Crippen LogP contribution in [0.1, 0.15) is 27.4 Å². The molecule has 0 bridgehead atoms. The molecule has 28 heavy (non-hydrogen) atoms. The summed E-state index contributed by atoms with van der Waals surface area (Å²) in [5.41, 5.74) is 8.58. The van der Waals surface area contributed by atoms with Crippen molar-refractivity contribution in [1.82, 2.24) is 30.2 Å². The zero-order valence-corrected chi connectivity index (χ0v) is 17.0. The second-order valence-electron chi connectivity index (χ2n) is 6.62. The van der Waals surface area contributed by atoms with Crippen molar-refractivity contribution in [3.05, 3.63) is 40.4 Å². The summed E-state index contributed by atoms with van der Waals surface area (Å²) in [6.45, 7) is 0.964. The van der Waals surface area contributed by atoms with Crippen molar-refractivity contribution >= 4 is 34.8 Å². The number of rotatable bonds is 5. The summed E-state index contributed by atoms with van der Waals surface area (Å²) in [5.74, 6) is 0.948. The maximum Gasteiger partial charge on any atom is 0.285 e. The molecule has 0 spiro atoms. The van der Waals surface area contributed by atoms with Gasteiger partial charge in [0.15, 0.2) is 5.06 Å². The number of aromatic amines is 1. The predicted molar refractivity (Wildman–Crippen MR) is 106 cm³/mol. The van der Waals surface area contributed by atoms with Crippen molar-refractivity contribution in [2.45, 2.75) is 29.8 Å².